The largest absolute Gasteiger partial charge is 0.353 e. The van der Waals surface area contributed by atoms with Crippen molar-refractivity contribution in [3.05, 3.63) is 47.2 Å². The summed E-state index contributed by atoms with van der Waals surface area (Å²) in [5.41, 5.74) is 1.53. The van der Waals surface area contributed by atoms with Gasteiger partial charge in [-0.2, -0.15) is 4.31 Å². The van der Waals surface area contributed by atoms with Crippen LogP contribution in [0.4, 0.5) is 5.69 Å². The van der Waals surface area contributed by atoms with Gasteiger partial charge in [0.2, 0.25) is 15.9 Å². The maximum atomic E-state index is 13.0. The van der Waals surface area contributed by atoms with Crippen LogP contribution in [0.3, 0.4) is 0 Å². The Hall–Kier alpha value is -1.87. The average molecular weight is 465 g/mol. The second-order valence-electron chi connectivity index (χ2n) is 8.33. The van der Waals surface area contributed by atoms with E-state index >= 15 is 0 Å². The highest BCUT2D eigenvalue weighted by Gasteiger charge is 2.30. The fourth-order valence-electron chi connectivity index (χ4n) is 4.56. The van der Waals surface area contributed by atoms with Crippen molar-refractivity contribution in [2.45, 2.75) is 43.0 Å². The van der Waals surface area contributed by atoms with E-state index in [0.717, 1.165) is 38.6 Å². The Morgan fingerprint density at radius 3 is 2.61 bits per heavy atom. The number of nitrogens with zero attached hydrogens (tertiary/aromatic N) is 3. The first kappa shape index (κ1) is 22.3. The Bertz CT molecular complexity index is 1050. The Labute approximate surface area is 189 Å². The molecule has 2 aliphatic heterocycles. The molecule has 0 unspecified atom stereocenters. The molecule has 0 bridgehead atoms. The monoisotopic (exact) mass is 464 g/mol. The van der Waals surface area contributed by atoms with Crippen molar-refractivity contribution in [2.24, 2.45) is 7.05 Å². The van der Waals surface area contributed by atoms with Gasteiger partial charge in [-0.3, -0.25) is 9.69 Å². The highest BCUT2D eigenvalue weighted by atomic mass is 35.5. The Morgan fingerprint density at radius 1 is 1.13 bits per heavy atom. The first-order valence-electron chi connectivity index (χ1n) is 10.8. The van der Waals surface area contributed by atoms with Crippen molar-refractivity contribution in [3.8, 4) is 0 Å². The molecule has 1 amide bonds. The SMILES string of the molecule is Cn1cccc1[C@H]1CCCN1CC(=O)Nc1cc(S(=O)(=O)N2CCCCC2)ccc1Cl. The van der Waals surface area contributed by atoms with Crippen LogP contribution in [-0.2, 0) is 21.9 Å². The lowest BCUT2D eigenvalue weighted by atomic mass is 10.1. The first-order chi connectivity index (χ1) is 14.9. The number of carbonyl (C=O) groups excluding carboxylic acids is 1. The molecule has 1 atom stereocenters. The van der Waals surface area contributed by atoms with Crippen LogP contribution in [0, 0.1) is 0 Å². The molecule has 2 aromatic rings. The number of amides is 1. The summed E-state index contributed by atoms with van der Waals surface area (Å²) >= 11 is 6.28. The van der Waals surface area contributed by atoms with E-state index in [0.29, 0.717) is 23.8 Å². The second-order valence-corrected chi connectivity index (χ2v) is 10.7. The third-order valence-corrected chi connectivity index (χ3v) is 8.42. The van der Waals surface area contributed by atoms with E-state index in [1.165, 1.54) is 28.2 Å². The molecular weight excluding hydrogens is 436 g/mol. The molecule has 31 heavy (non-hydrogen) atoms. The minimum Gasteiger partial charge on any atom is -0.353 e. The van der Waals surface area contributed by atoms with Crippen LogP contribution in [0.1, 0.15) is 43.8 Å². The van der Waals surface area contributed by atoms with Crippen molar-refractivity contribution in [3.63, 3.8) is 0 Å². The van der Waals surface area contributed by atoms with Crippen LogP contribution in [-0.4, -0.2) is 54.3 Å². The fraction of sp³-hybridized carbons (Fsp3) is 0.500. The van der Waals surface area contributed by atoms with Gasteiger partial charge in [-0.25, -0.2) is 8.42 Å². The number of aryl methyl sites for hydroxylation is 1. The molecular formula is C22H29ClN4O3S. The number of anilines is 1. The van der Waals surface area contributed by atoms with Gasteiger partial charge in [-0.15, -0.1) is 0 Å². The quantitative estimate of drug-likeness (QED) is 0.708. The number of sulfonamides is 1. The molecule has 168 valence electrons. The molecule has 7 nitrogen and oxygen atoms in total. The van der Waals surface area contributed by atoms with Crippen LogP contribution in [0.2, 0.25) is 5.02 Å². The summed E-state index contributed by atoms with van der Waals surface area (Å²) < 4.78 is 29.6. The molecule has 0 saturated carbocycles. The minimum atomic E-state index is -3.59. The molecule has 4 rings (SSSR count). The van der Waals surface area contributed by atoms with E-state index in [9.17, 15) is 13.2 Å². The van der Waals surface area contributed by atoms with E-state index in [1.807, 2.05) is 19.3 Å². The lowest BCUT2D eigenvalue weighted by molar-refractivity contribution is -0.117. The number of halogens is 1. The van der Waals surface area contributed by atoms with Crippen molar-refractivity contribution < 1.29 is 13.2 Å². The predicted molar refractivity (Wildman–Crippen MR) is 122 cm³/mol. The van der Waals surface area contributed by atoms with Crippen LogP contribution in [0.15, 0.2) is 41.4 Å². The van der Waals surface area contributed by atoms with E-state index in [2.05, 4.69) is 20.9 Å². The lowest BCUT2D eigenvalue weighted by Crippen LogP contribution is -2.35. The first-order valence-corrected chi connectivity index (χ1v) is 12.6. The van der Waals surface area contributed by atoms with Crippen molar-refractivity contribution in [2.75, 3.05) is 31.5 Å². The molecule has 0 radical (unpaired) electrons. The summed E-state index contributed by atoms with van der Waals surface area (Å²) in [4.78, 5) is 15.1. The zero-order valence-electron chi connectivity index (χ0n) is 17.8. The van der Waals surface area contributed by atoms with E-state index < -0.39 is 10.0 Å². The summed E-state index contributed by atoms with van der Waals surface area (Å²) in [7, 11) is -1.58. The van der Waals surface area contributed by atoms with Gasteiger partial charge in [-0.05, 0) is 62.6 Å². The molecule has 2 saturated heterocycles. The van der Waals surface area contributed by atoms with Crippen LogP contribution in [0.5, 0.6) is 0 Å². The van der Waals surface area contributed by atoms with Gasteiger partial charge in [0.25, 0.3) is 0 Å². The van der Waals surface area contributed by atoms with Gasteiger partial charge >= 0.3 is 0 Å². The molecule has 0 aliphatic carbocycles. The summed E-state index contributed by atoms with van der Waals surface area (Å²) in [6.45, 7) is 2.14. The number of hydrogen-bond acceptors (Lipinski definition) is 4. The lowest BCUT2D eigenvalue weighted by Gasteiger charge is -2.26. The summed E-state index contributed by atoms with van der Waals surface area (Å²) in [5.74, 6) is -0.199. The van der Waals surface area contributed by atoms with Gasteiger partial charge in [0, 0.05) is 32.0 Å². The van der Waals surface area contributed by atoms with Gasteiger partial charge in [0.05, 0.1) is 28.2 Å². The van der Waals surface area contributed by atoms with Gasteiger partial charge in [0.15, 0.2) is 0 Å². The molecule has 3 heterocycles. The van der Waals surface area contributed by atoms with Crippen molar-refractivity contribution in [1.82, 2.24) is 13.8 Å². The van der Waals surface area contributed by atoms with E-state index in [1.54, 1.807) is 0 Å². The molecule has 9 heteroatoms. The standard InChI is InChI=1S/C22H29ClN4O3S/c1-25-11-5-7-20(25)21-8-6-12-26(21)16-22(28)24-19-15-17(9-10-18(19)23)31(29,30)27-13-3-2-4-14-27/h5,7,9-11,15,21H,2-4,6,8,12-14,16H2,1H3,(H,24,28)/t21-/m1/s1. The molecule has 1 N–H and O–H groups in total. The number of likely N-dealkylation sites (tertiary alicyclic amines) is 1. The number of nitrogens with one attached hydrogen (secondary N) is 1. The number of carbonyl (C=O) groups is 1. The highest BCUT2D eigenvalue weighted by Crippen LogP contribution is 2.32. The predicted octanol–water partition coefficient (Wildman–Crippen LogP) is 3.63. The van der Waals surface area contributed by atoms with Gasteiger partial charge < -0.3 is 9.88 Å². The summed E-state index contributed by atoms with van der Waals surface area (Å²) in [6.07, 6.45) is 6.85. The second kappa shape index (κ2) is 9.32. The summed E-state index contributed by atoms with van der Waals surface area (Å²) in [5, 5.41) is 3.16. The Balaban J connectivity index is 1.47. The Morgan fingerprint density at radius 2 is 1.90 bits per heavy atom. The van der Waals surface area contributed by atoms with Gasteiger partial charge in [0.1, 0.15) is 0 Å². The maximum Gasteiger partial charge on any atom is 0.243 e. The molecule has 1 aromatic heterocycles. The summed E-state index contributed by atoms with van der Waals surface area (Å²) in [6, 6.07) is 8.83. The van der Waals surface area contributed by atoms with E-state index in [-0.39, 0.29) is 23.4 Å². The third kappa shape index (κ3) is 4.82. The molecule has 1 aromatic carbocycles. The minimum absolute atomic E-state index is 0.164. The van der Waals surface area contributed by atoms with Crippen molar-refractivity contribution >= 4 is 33.2 Å². The van der Waals surface area contributed by atoms with Crippen LogP contribution >= 0.6 is 11.6 Å². The molecule has 0 spiro atoms. The number of hydrogen-bond donors (Lipinski definition) is 1. The van der Waals surface area contributed by atoms with Crippen LogP contribution in [0.25, 0.3) is 0 Å². The average Bonchev–Trinajstić information content (AvgIpc) is 3.38. The number of piperidine rings is 1. The molecule has 2 aliphatic rings. The molecule has 2 fully saturated rings. The topological polar surface area (TPSA) is 74.6 Å². The fourth-order valence-corrected chi connectivity index (χ4v) is 6.27. The number of benzene rings is 1. The Kier molecular flexibility index (Phi) is 6.71. The smallest absolute Gasteiger partial charge is 0.243 e. The van der Waals surface area contributed by atoms with Crippen molar-refractivity contribution in [1.29, 1.82) is 0 Å². The van der Waals surface area contributed by atoms with E-state index in [4.69, 9.17) is 11.6 Å². The maximum absolute atomic E-state index is 13.0. The van der Waals surface area contributed by atoms with Crippen LogP contribution < -0.4 is 5.32 Å². The number of rotatable bonds is 6. The zero-order valence-corrected chi connectivity index (χ0v) is 19.3. The zero-order chi connectivity index (χ0) is 22.0. The third-order valence-electron chi connectivity index (χ3n) is 6.20. The van der Waals surface area contributed by atoms with Gasteiger partial charge in [-0.1, -0.05) is 18.0 Å². The highest BCUT2D eigenvalue weighted by molar-refractivity contribution is 7.89. The normalized spacial score (nSPS) is 20.8. The number of aromatic nitrogens is 1.